The minimum Gasteiger partial charge on any atom is -0.490 e. The van der Waals surface area contributed by atoms with Crippen LogP contribution in [0.15, 0.2) is 42.5 Å². The Morgan fingerprint density at radius 1 is 1.08 bits per heavy atom. The van der Waals surface area contributed by atoms with Gasteiger partial charge in [0, 0.05) is 5.69 Å². The van der Waals surface area contributed by atoms with E-state index in [2.05, 4.69) is 15.4 Å². The number of halogens is 1. The number of rotatable bonds is 5. The summed E-state index contributed by atoms with van der Waals surface area (Å²) in [5.74, 6) is -0.608. The summed E-state index contributed by atoms with van der Waals surface area (Å²) < 4.78 is 23.8. The lowest BCUT2D eigenvalue weighted by Gasteiger charge is -2.14. The van der Waals surface area contributed by atoms with Crippen LogP contribution in [0.4, 0.5) is 20.6 Å². The molecule has 0 unspecified atom stereocenters. The van der Waals surface area contributed by atoms with Crippen LogP contribution in [-0.4, -0.2) is 25.2 Å². The van der Waals surface area contributed by atoms with Crippen LogP contribution in [0.1, 0.15) is 24.2 Å². The van der Waals surface area contributed by atoms with Crippen LogP contribution in [0, 0.1) is 5.82 Å². The largest absolute Gasteiger partial charge is 0.490 e. The highest BCUT2D eigenvalue weighted by Crippen LogP contribution is 2.23. The van der Waals surface area contributed by atoms with E-state index in [9.17, 15) is 14.0 Å². The van der Waals surface area contributed by atoms with Crippen molar-refractivity contribution in [3.05, 3.63) is 53.8 Å². The molecule has 2 aromatic carbocycles. The molecule has 0 aliphatic carbocycles. The second kappa shape index (κ2) is 8.14. The number of nitrogens with one attached hydrogen (secondary N) is 2. The molecule has 0 spiro atoms. The molecule has 25 heavy (non-hydrogen) atoms. The van der Waals surface area contributed by atoms with Crippen LogP contribution < -0.4 is 15.4 Å². The van der Waals surface area contributed by atoms with Crippen molar-refractivity contribution in [3.63, 3.8) is 0 Å². The number of anilines is 2. The summed E-state index contributed by atoms with van der Waals surface area (Å²) in [7, 11) is 1.17. The summed E-state index contributed by atoms with van der Waals surface area (Å²) in [6.45, 7) is 3.72. The molecule has 0 radical (unpaired) electrons. The fourth-order valence-electron chi connectivity index (χ4n) is 2.07. The van der Waals surface area contributed by atoms with Gasteiger partial charge in [-0.05, 0) is 44.2 Å². The minimum atomic E-state index is -0.807. The van der Waals surface area contributed by atoms with Gasteiger partial charge in [-0.2, -0.15) is 0 Å². The van der Waals surface area contributed by atoms with Gasteiger partial charge in [-0.15, -0.1) is 0 Å². The maximum atomic E-state index is 13.7. The molecule has 0 bridgehead atoms. The van der Waals surface area contributed by atoms with E-state index in [1.54, 1.807) is 24.3 Å². The highest BCUT2D eigenvalue weighted by atomic mass is 19.1. The average Bonchev–Trinajstić information content (AvgIpc) is 2.57. The Labute approximate surface area is 144 Å². The van der Waals surface area contributed by atoms with Gasteiger partial charge in [0.2, 0.25) is 0 Å². The first-order valence-electron chi connectivity index (χ1n) is 7.62. The van der Waals surface area contributed by atoms with Crippen LogP contribution in [0.3, 0.4) is 0 Å². The Bertz CT molecular complexity index is 777. The molecular formula is C18H19FN2O4. The predicted molar refractivity (Wildman–Crippen MR) is 92.6 cm³/mol. The van der Waals surface area contributed by atoms with Crippen molar-refractivity contribution in [1.82, 2.24) is 0 Å². The monoisotopic (exact) mass is 346 g/mol. The van der Waals surface area contributed by atoms with E-state index in [-0.39, 0.29) is 11.8 Å². The molecule has 0 aliphatic heterocycles. The normalized spacial score (nSPS) is 10.3. The third-order valence-corrected chi connectivity index (χ3v) is 3.14. The summed E-state index contributed by atoms with van der Waals surface area (Å²) in [5, 5.41) is 4.89. The number of ether oxygens (including phenoxy) is 2. The first-order chi connectivity index (χ1) is 11.9. The Morgan fingerprint density at radius 2 is 1.80 bits per heavy atom. The molecule has 0 fully saturated rings. The average molecular weight is 346 g/mol. The lowest BCUT2D eigenvalue weighted by molar-refractivity contribution is 0.102. The van der Waals surface area contributed by atoms with E-state index in [4.69, 9.17) is 4.74 Å². The Balaban J connectivity index is 2.21. The summed E-state index contributed by atoms with van der Waals surface area (Å²) >= 11 is 0. The quantitative estimate of drug-likeness (QED) is 0.856. The van der Waals surface area contributed by atoms with Crippen LogP contribution >= 0.6 is 0 Å². The van der Waals surface area contributed by atoms with Crippen molar-refractivity contribution in [3.8, 4) is 5.75 Å². The first-order valence-corrected chi connectivity index (χ1v) is 7.62. The smallest absolute Gasteiger partial charge is 0.411 e. The van der Waals surface area contributed by atoms with Crippen molar-refractivity contribution in [2.45, 2.75) is 20.0 Å². The fourth-order valence-corrected chi connectivity index (χ4v) is 2.07. The highest BCUT2D eigenvalue weighted by molar-refractivity contribution is 6.06. The molecule has 7 heteroatoms. The molecule has 0 saturated carbocycles. The highest BCUT2D eigenvalue weighted by Gasteiger charge is 2.15. The zero-order valence-corrected chi connectivity index (χ0v) is 14.1. The van der Waals surface area contributed by atoms with Crippen molar-refractivity contribution in [2.24, 2.45) is 0 Å². The molecule has 2 amide bonds. The molecule has 2 N–H and O–H groups in total. The lowest BCUT2D eigenvalue weighted by Crippen LogP contribution is -2.16. The fraction of sp³-hybridized carbons (Fsp3) is 0.222. The third kappa shape index (κ3) is 4.94. The predicted octanol–water partition coefficient (Wildman–Crippen LogP) is 4.04. The summed E-state index contributed by atoms with van der Waals surface area (Å²) in [6.07, 6.45) is -0.895. The van der Waals surface area contributed by atoms with Crippen molar-refractivity contribution < 1.29 is 23.5 Å². The summed E-state index contributed by atoms with van der Waals surface area (Å²) in [6, 6.07) is 10.6. The summed E-state index contributed by atoms with van der Waals surface area (Å²) in [4.78, 5) is 23.7. The zero-order chi connectivity index (χ0) is 18.4. The lowest BCUT2D eigenvalue weighted by atomic mass is 10.1. The number of hydrogen-bond donors (Lipinski definition) is 2. The van der Waals surface area contributed by atoms with Crippen LogP contribution in [0.25, 0.3) is 0 Å². The number of para-hydroxylation sites is 1. The number of amides is 2. The Kier molecular flexibility index (Phi) is 5.94. The molecule has 0 saturated heterocycles. The van der Waals surface area contributed by atoms with Gasteiger partial charge in [0.1, 0.15) is 11.6 Å². The second-order valence-electron chi connectivity index (χ2n) is 5.43. The van der Waals surface area contributed by atoms with E-state index in [0.29, 0.717) is 17.0 Å². The van der Waals surface area contributed by atoms with Gasteiger partial charge in [-0.1, -0.05) is 12.1 Å². The van der Waals surface area contributed by atoms with Crippen LogP contribution in [0.5, 0.6) is 5.75 Å². The van der Waals surface area contributed by atoms with Gasteiger partial charge in [-0.3, -0.25) is 10.1 Å². The molecule has 0 atom stereocenters. The Morgan fingerprint density at radius 3 is 2.48 bits per heavy atom. The van der Waals surface area contributed by atoms with E-state index < -0.39 is 17.8 Å². The topological polar surface area (TPSA) is 76.7 Å². The van der Waals surface area contributed by atoms with E-state index >= 15 is 0 Å². The number of benzene rings is 2. The third-order valence-electron chi connectivity index (χ3n) is 3.14. The molecule has 0 heterocycles. The number of hydrogen-bond acceptors (Lipinski definition) is 4. The van der Waals surface area contributed by atoms with Gasteiger partial charge >= 0.3 is 6.09 Å². The second-order valence-corrected chi connectivity index (χ2v) is 5.43. The minimum absolute atomic E-state index is 0.0874. The maximum absolute atomic E-state index is 13.7. The molecule has 2 rings (SSSR count). The number of methoxy groups -OCH3 is 1. The van der Waals surface area contributed by atoms with Gasteiger partial charge < -0.3 is 14.8 Å². The molecule has 0 aromatic heterocycles. The molecule has 6 nitrogen and oxygen atoms in total. The molecule has 132 valence electrons. The maximum Gasteiger partial charge on any atom is 0.411 e. The van der Waals surface area contributed by atoms with Crippen LogP contribution in [-0.2, 0) is 4.74 Å². The Hall–Kier alpha value is -3.09. The van der Waals surface area contributed by atoms with E-state index in [1.165, 1.54) is 19.2 Å². The van der Waals surface area contributed by atoms with E-state index in [0.717, 1.165) is 6.07 Å². The van der Waals surface area contributed by atoms with Gasteiger partial charge in [0.05, 0.1) is 24.5 Å². The van der Waals surface area contributed by atoms with Crippen molar-refractivity contribution >= 4 is 23.4 Å². The van der Waals surface area contributed by atoms with Crippen LogP contribution in [0.2, 0.25) is 0 Å². The standard InChI is InChI=1S/C18H19FN2O4/c1-11(2)25-16-7-5-4-6-13(16)17(22)20-12-8-9-14(19)15(10-12)21-18(23)24-3/h4-11H,1-3H3,(H,20,22)(H,21,23). The molecule has 2 aromatic rings. The number of carbonyl (C=O) groups is 2. The van der Waals surface area contributed by atoms with Gasteiger partial charge in [0.25, 0.3) is 5.91 Å². The van der Waals surface area contributed by atoms with E-state index in [1.807, 2.05) is 13.8 Å². The van der Waals surface area contributed by atoms with Crippen molar-refractivity contribution in [2.75, 3.05) is 17.7 Å². The SMILES string of the molecule is COC(=O)Nc1cc(NC(=O)c2ccccc2OC(C)C)ccc1F. The first kappa shape index (κ1) is 18.3. The summed E-state index contributed by atoms with van der Waals surface area (Å²) in [5.41, 5.74) is 0.566. The van der Waals surface area contributed by atoms with Gasteiger partial charge in [0.15, 0.2) is 0 Å². The van der Waals surface area contributed by atoms with Crippen molar-refractivity contribution in [1.29, 1.82) is 0 Å². The zero-order valence-electron chi connectivity index (χ0n) is 14.1. The molecule has 0 aliphatic rings. The number of carbonyl (C=O) groups excluding carboxylic acids is 2. The van der Waals surface area contributed by atoms with Gasteiger partial charge in [-0.25, -0.2) is 9.18 Å². The molecular weight excluding hydrogens is 327 g/mol.